The smallest absolute Gasteiger partial charge is 0.318 e. The van der Waals surface area contributed by atoms with Crippen LogP contribution in [0.2, 0.25) is 0 Å². The van der Waals surface area contributed by atoms with Crippen molar-refractivity contribution >= 4 is 23.7 Å². The van der Waals surface area contributed by atoms with E-state index < -0.39 is 11.9 Å². The summed E-state index contributed by atoms with van der Waals surface area (Å²) in [5, 5.41) is 5.47. The Hall–Kier alpha value is -0.750. The van der Waals surface area contributed by atoms with Gasteiger partial charge in [0.1, 0.15) is 0 Å². The summed E-state index contributed by atoms with van der Waals surface area (Å²) in [5.41, 5.74) is 4.77. The molecule has 0 aromatic carbocycles. The van der Waals surface area contributed by atoms with Crippen molar-refractivity contribution < 1.29 is 9.59 Å². The maximum Gasteiger partial charge on any atom is 0.318 e. The van der Waals surface area contributed by atoms with E-state index in [9.17, 15) is 9.59 Å². The SMILES string of the molecule is CSC(C)CCNCC(=O)NC(N)=O. The molecule has 5 nitrogen and oxygen atoms in total. The number of hydrogen-bond acceptors (Lipinski definition) is 4. The minimum absolute atomic E-state index is 0.129. The quantitative estimate of drug-likeness (QED) is 0.545. The van der Waals surface area contributed by atoms with E-state index in [0.29, 0.717) is 5.25 Å². The Bertz CT molecular complexity index is 199. The fourth-order valence-electron chi connectivity index (χ4n) is 0.807. The molecule has 14 heavy (non-hydrogen) atoms. The molecule has 6 heteroatoms. The monoisotopic (exact) mass is 219 g/mol. The second-order valence-electron chi connectivity index (χ2n) is 2.92. The highest BCUT2D eigenvalue weighted by atomic mass is 32.2. The molecule has 0 heterocycles. The first-order valence-corrected chi connectivity index (χ1v) is 5.68. The van der Waals surface area contributed by atoms with Crippen LogP contribution in [0.1, 0.15) is 13.3 Å². The zero-order valence-corrected chi connectivity index (χ0v) is 9.32. The second kappa shape index (κ2) is 7.64. The van der Waals surface area contributed by atoms with E-state index in [1.54, 1.807) is 11.8 Å². The molecule has 1 unspecified atom stereocenters. The Labute approximate surface area is 88.2 Å². The van der Waals surface area contributed by atoms with Crippen molar-refractivity contribution in [2.24, 2.45) is 5.73 Å². The first-order chi connectivity index (χ1) is 6.56. The molecule has 0 aliphatic rings. The first-order valence-electron chi connectivity index (χ1n) is 4.39. The largest absolute Gasteiger partial charge is 0.351 e. The van der Waals surface area contributed by atoms with Gasteiger partial charge in [0.15, 0.2) is 0 Å². The zero-order valence-electron chi connectivity index (χ0n) is 8.50. The van der Waals surface area contributed by atoms with E-state index in [1.807, 2.05) is 11.6 Å². The van der Waals surface area contributed by atoms with Crippen LogP contribution < -0.4 is 16.4 Å². The average molecular weight is 219 g/mol. The van der Waals surface area contributed by atoms with Gasteiger partial charge in [-0.25, -0.2) is 4.79 Å². The Kier molecular flexibility index (Phi) is 7.23. The summed E-state index contributed by atoms with van der Waals surface area (Å²) in [7, 11) is 0. The van der Waals surface area contributed by atoms with Gasteiger partial charge in [0.2, 0.25) is 5.91 Å². The molecule has 0 fully saturated rings. The van der Waals surface area contributed by atoms with Gasteiger partial charge >= 0.3 is 6.03 Å². The molecule has 0 bridgehead atoms. The third-order valence-corrected chi connectivity index (χ3v) is 2.72. The Morgan fingerprint density at radius 3 is 2.64 bits per heavy atom. The number of carbonyl (C=O) groups is 2. The molecule has 1 atom stereocenters. The van der Waals surface area contributed by atoms with Crippen LogP contribution in [-0.2, 0) is 4.79 Å². The third-order valence-electron chi connectivity index (χ3n) is 1.68. The molecular formula is C8H17N3O2S. The van der Waals surface area contributed by atoms with Gasteiger partial charge in [0.05, 0.1) is 6.54 Å². The van der Waals surface area contributed by atoms with Crippen molar-refractivity contribution in [1.29, 1.82) is 0 Å². The molecular weight excluding hydrogens is 202 g/mol. The number of imide groups is 1. The molecule has 3 amide bonds. The molecule has 0 rings (SSSR count). The maximum atomic E-state index is 10.9. The van der Waals surface area contributed by atoms with E-state index in [0.717, 1.165) is 13.0 Å². The van der Waals surface area contributed by atoms with Crippen molar-refractivity contribution in [1.82, 2.24) is 10.6 Å². The van der Waals surface area contributed by atoms with Gasteiger partial charge in [0.25, 0.3) is 0 Å². The topological polar surface area (TPSA) is 84.2 Å². The fraction of sp³-hybridized carbons (Fsp3) is 0.750. The molecule has 0 aliphatic heterocycles. The van der Waals surface area contributed by atoms with Crippen molar-refractivity contribution in [2.45, 2.75) is 18.6 Å². The van der Waals surface area contributed by atoms with E-state index in [4.69, 9.17) is 5.73 Å². The van der Waals surface area contributed by atoms with Crippen molar-refractivity contribution in [3.05, 3.63) is 0 Å². The van der Waals surface area contributed by atoms with Gasteiger partial charge in [-0.2, -0.15) is 11.8 Å². The summed E-state index contributed by atoms with van der Waals surface area (Å²) < 4.78 is 0. The normalized spacial score (nSPS) is 12.1. The highest BCUT2D eigenvalue weighted by Crippen LogP contribution is 2.07. The zero-order chi connectivity index (χ0) is 11.0. The van der Waals surface area contributed by atoms with Crippen LogP contribution in [0, 0.1) is 0 Å². The van der Waals surface area contributed by atoms with Gasteiger partial charge in [-0.1, -0.05) is 6.92 Å². The lowest BCUT2D eigenvalue weighted by Gasteiger charge is -2.08. The summed E-state index contributed by atoms with van der Waals surface area (Å²) in [5.74, 6) is -0.394. The van der Waals surface area contributed by atoms with Gasteiger partial charge in [-0.3, -0.25) is 10.1 Å². The van der Waals surface area contributed by atoms with Crippen LogP contribution in [0.15, 0.2) is 0 Å². The van der Waals surface area contributed by atoms with Crippen molar-refractivity contribution in [3.63, 3.8) is 0 Å². The number of hydrogen-bond donors (Lipinski definition) is 3. The number of urea groups is 1. The van der Waals surface area contributed by atoms with E-state index in [-0.39, 0.29) is 6.54 Å². The Morgan fingerprint density at radius 1 is 1.50 bits per heavy atom. The van der Waals surface area contributed by atoms with Gasteiger partial charge < -0.3 is 11.1 Å². The van der Waals surface area contributed by atoms with Crippen LogP contribution in [0.4, 0.5) is 4.79 Å². The van der Waals surface area contributed by atoms with E-state index in [2.05, 4.69) is 12.2 Å². The third kappa shape index (κ3) is 7.88. The number of rotatable bonds is 6. The lowest BCUT2D eigenvalue weighted by Crippen LogP contribution is -2.40. The molecule has 0 saturated heterocycles. The van der Waals surface area contributed by atoms with Crippen molar-refractivity contribution in [2.75, 3.05) is 19.3 Å². The van der Waals surface area contributed by atoms with Crippen LogP contribution in [0.25, 0.3) is 0 Å². The maximum absolute atomic E-state index is 10.9. The molecule has 0 aromatic rings. The molecule has 0 aliphatic carbocycles. The molecule has 4 N–H and O–H groups in total. The Morgan fingerprint density at radius 2 is 2.14 bits per heavy atom. The molecule has 0 aromatic heterocycles. The predicted octanol–water partition coefficient (Wildman–Crippen LogP) is -0.0875. The predicted molar refractivity (Wildman–Crippen MR) is 58.2 cm³/mol. The summed E-state index contributed by atoms with van der Waals surface area (Å²) in [6.07, 6.45) is 3.04. The number of amides is 3. The van der Waals surface area contributed by atoms with Crippen LogP contribution >= 0.6 is 11.8 Å². The minimum Gasteiger partial charge on any atom is -0.351 e. The average Bonchev–Trinajstić information content (AvgIpc) is 2.10. The highest BCUT2D eigenvalue weighted by molar-refractivity contribution is 7.99. The van der Waals surface area contributed by atoms with Gasteiger partial charge in [-0.05, 0) is 19.2 Å². The summed E-state index contributed by atoms with van der Waals surface area (Å²) >= 11 is 1.78. The number of primary amides is 1. The standard InChI is InChI=1S/C8H17N3O2S/c1-6(14-2)3-4-10-5-7(12)11-8(9)13/h6,10H,3-5H2,1-2H3,(H3,9,11,12,13). The van der Waals surface area contributed by atoms with Gasteiger partial charge in [0, 0.05) is 5.25 Å². The van der Waals surface area contributed by atoms with Crippen LogP contribution in [0.3, 0.4) is 0 Å². The number of carbonyl (C=O) groups excluding carboxylic acids is 2. The number of thioether (sulfide) groups is 1. The van der Waals surface area contributed by atoms with Crippen molar-refractivity contribution in [3.8, 4) is 0 Å². The number of nitrogens with one attached hydrogen (secondary N) is 2. The van der Waals surface area contributed by atoms with Gasteiger partial charge in [-0.15, -0.1) is 0 Å². The molecule has 0 spiro atoms. The van der Waals surface area contributed by atoms with Crippen LogP contribution in [-0.4, -0.2) is 36.5 Å². The lowest BCUT2D eigenvalue weighted by atomic mass is 10.3. The summed E-state index contributed by atoms with van der Waals surface area (Å²) in [6.45, 7) is 3.01. The summed E-state index contributed by atoms with van der Waals surface area (Å²) in [6, 6.07) is -0.811. The molecule has 0 saturated carbocycles. The Balaban J connectivity index is 3.36. The molecule has 82 valence electrons. The fourth-order valence-corrected chi connectivity index (χ4v) is 1.16. The summed E-state index contributed by atoms with van der Waals surface area (Å²) in [4.78, 5) is 21.1. The highest BCUT2D eigenvalue weighted by Gasteiger charge is 2.03. The molecule has 0 radical (unpaired) electrons. The minimum atomic E-state index is -0.811. The van der Waals surface area contributed by atoms with E-state index in [1.165, 1.54) is 0 Å². The number of nitrogens with two attached hydrogens (primary N) is 1. The lowest BCUT2D eigenvalue weighted by molar-refractivity contribution is -0.119. The first kappa shape index (κ1) is 13.2. The van der Waals surface area contributed by atoms with Crippen LogP contribution in [0.5, 0.6) is 0 Å². The second-order valence-corrected chi connectivity index (χ2v) is 4.20. The van der Waals surface area contributed by atoms with E-state index >= 15 is 0 Å².